The van der Waals surface area contributed by atoms with Gasteiger partial charge < -0.3 is 19.9 Å². The maximum absolute atomic E-state index is 11.7. The Kier molecular flexibility index (Phi) is 6.99. The summed E-state index contributed by atoms with van der Waals surface area (Å²) in [6, 6.07) is 13.7. The van der Waals surface area contributed by atoms with Crippen LogP contribution in [0, 0.1) is 0 Å². The third-order valence-electron chi connectivity index (χ3n) is 3.09. The Hall–Kier alpha value is -3.55. The van der Waals surface area contributed by atoms with Gasteiger partial charge in [0.2, 0.25) is 0 Å². The van der Waals surface area contributed by atoms with Crippen LogP contribution in [0.5, 0.6) is 17.2 Å². The Balaban J connectivity index is 1.74. The number of nitrogens with zero attached hydrogens (tertiary/aromatic N) is 1. The van der Waals surface area contributed by atoms with Gasteiger partial charge in [-0.25, -0.2) is 5.43 Å². The smallest absolute Gasteiger partial charge is 0.277 e. The fraction of sp³-hybridized carbons (Fsp3) is 0.167. The van der Waals surface area contributed by atoms with Crippen molar-refractivity contribution in [3.8, 4) is 17.2 Å². The van der Waals surface area contributed by atoms with Crippen molar-refractivity contribution in [1.29, 1.82) is 0 Å². The zero-order valence-corrected chi connectivity index (χ0v) is 14.2. The lowest BCUT2D eigenvalue weighted by molar-refractivity contribution is -0.123. The molecule has 2 aromatic rings. The van der Waals surface area contributed by atoms with Crippen LogP contribution in [0.3, 0.4) is 0 Å². The van der Waals surface area contributed by atoms with Crippen LogP contribution in [-0.2, 0) is 9.59 Å². The second-order valence-corrected chi connectivity index (χ2v) is 5.08. The summed E-state index contributed by atoms with van der Waals surface area (Å²) < 4.78 is 15.5. The molecule has 0 bridgehead atoms. The first-order chi connectivity index (χ1) is 12.6. The average Bonchev–Trinajstić information content (AvgIpc) is 2.66. The number of benzene rings is 2. The van der Waals surface area contributed by atoms with E-state index >= 15 is 0 Å². The molecular weight excluding hydrogens is 338 g/mol. The largest absolute Gasteiger partial charge is 0.497 e. The van der Waals surface area contributed by atoms with Gasteiger partial charge in [-0.1, -0.05) is 0 Å². The summed E-state index contributed by atoms with van der Waals surface area (Å²) in [6.45, 7) is -0.346. The molecule has 2 aromatic carbocycles. The van der Waals surface area contributed by atoms with Gasteiger partial charge in [0.15, 0.2) is 13.2 Å². The van der Waals surface area contributed by atoms with Crippen LogP contribution in [-0.4, -0.2) is 38.4 Å². The summed E-state index contributed by atoms with van der Waals surface area (Å²) in [4.78, 5) is 22.3. The molecule has 26 heavy (non-hydrogen) atoms. The summed E-state index contributed by atoms with van der Waals surface area (Å²) in [7, 11) is 1.57. The Labute approximate surface area is 150 Å². The molecule has 0 radical (unpaired) electrons. The second-order valence-electron chi connectivity index (χ2n) is 5.08. The van der Waals surface area contributed by atoms with Gasteiger partial charge in [-0.05, 0) is 54.1 Å². The van der Waals surface area contributed by atoms with Gasteiger partial charge in [-0.15, -0.1) is 0 Å². The molecule has 0 aliphatic rings. The van der Waals surface area contributed by atoms with Crippen molar-refractivity contribution in [3.05, 3.63) is 54.1 Å². The minimum Gasteiger partial charge on any atom is -0.497 e. The third kappa shape index (κ3) is 6.52. The van der Waals surface area contributed by atoms with Crippen LogP contribution < -0.4 is 25.4 Å². The average molecular weight is 357 g/mol. The second kappa shape index (κ2) is 9.67. The van der Waals surface area contributed by atoms with E-state index in [1.807, 2.05) is 0 Å². The molecule has 0 fully saturated rings. The van der Waals surface area contributed by atoms with Gasteiger partial charge in [0.25, 0.3) is 11.8 Å². The summed E-state index contributed by atoms with van der Waals surface area (Å²) in [5, 5.41) is 3.85. The highest BCUT2D eigenvalue weighted by Crippen LogP contribution is 2.16. The first-order valence-corrected chi connectivity index (χ1v) is 7.67. The monoisotopic (exact) mass is 357 g/mol. The van der Waals surface area contributed by atoms with E-state index in [0.717, 1.165) is 5.56 Å². The minimum atomic E-state index is -0.546. The highest BCUT2D eigenvalue weighted by atomic mass is 16.5. The molecule has 0 heterocycles. The predicted molar refractivity (Wildman–Crippen MR) is 95.4 cm³/mol. The molecule has 0 atom stereocenters. The number of carbonyl (C=O) groups is 2. The SMILES string of the molecule is COc1ccc(OCC(=O)N/N=C/c2ccc(OCC(N)=O)cc2)cc1. The quantitative estimate of drug-likeness (QED) is 0.515. The maximum atomic E-state index is 11.7. The molecule has 0 saturated heterocycles. The normalized spacial score (nSPS) is 10.3. The minimum absolute atomic E-state index is 0.163. The standard InChI is InChI=1S/C18H19N3O5/c1-24-14-6-8-16(9-7-14)26-12-18(23)21-20-10-13-2-4-15(5-3-13)25-11-17(19)22/h2-10H,11-12H2,1H3,(H2,19,22)(H,21,23)/b20-10+. The van der Waals surface area contributed by atoms with Gasteiger partial charge in [0, 0.05) is 0 Å². The number of ether oxygens (including phenoxy) is 3. The van der Waals surface area contributed by atoms with Crippen molar-refractivity contribution in [2.75, 3.05) is 20.3 Å². The van der Waals surface area contributed by atoms with E-state index in [2.05, 4.69) is 10.5 Å². The zero-order valence-electron chi connectivity index (χ0n) is 14.2. The lowest BCUT2D eigenvalue weighted by atomic mass is 10.2. The van der Waals surface area contributed by atoms with Crippen molar-refractivity contribution in [2.45, 2.75) is 0 Å². The number of nitrogens with one attached hydrogen (secondary N) is 1. The first kappa shape index (κ1) is 18.8. The zero-order chi connectivity index (χ0) is 18.8. The summed E-state index contributed by atoms with van der Waals surface area (Å²) in [5.41, 5.74) is 8.11. The molecule has 3 N–H and O–H groups in total. The maximum Gasteiger partial charge on any atom is 0.277 e. The third-order valence-corrected chi connectivity index (χ3v) is 3.09. The van der Waals surface area contributed by atoms with E-state index in [1.165, 1.54) is 6.21 Å². The molecule has 0 saturated carbocycles. The van der Waals surface area contributed by atoms with Crippen LogP contribution in [0.25, 0.3) is 0 Å². The fourth-order valence-corrected chi connectivity index (χ4v) is 1.84. The Bertz CT molecular complexity index is 757. The van der Waals surface area contributed by atoms with E-state index in [9.17, 15) is 9.59 Å². The molecule has 0 aromatic heterocycles. The van der Waals surface area contributed by atoms with Gasteiger partial charge in [0.1, 0.15) is 17.2 Å². The molecule has 136 valence electrons. The van der Waals surface area contributed by atoms with Crippen LogP contribution >= 0.6 is 0 Å². The van der Waals surface area contributed by atoms with Gasteiger partial charge in [-0.3, -0.25) is 9.59 Å². The lowest BCUT2D eigenvalue weighted by Gasteiger charge is -2.06. The summed E-state index contributed by atoms with van der Waals surface area (Å²) >= 11 is 0. The number of hydrogen-bond donors (Lipinski definition) is 2. The number of nitrogens with two attached hydrogens (primary N) is 1. The topological polar surface area (TPSA) is 112 Å². The fourth-order valence-electron chi connectivity index (χ4n) is 1.84. The molecule has 2 rings (SSSR count). The van der Waals surface area contributed by atoms with Crippen LogP contribution in [0.1, 0.15) is 5.56 Å². The van der Waals surface area contributed by atoms with Crippen LogP contribution in [0.2, 0.25) is 0 Å². The Morgan fingerprint density at radius 3 is 2.08 bits per heavy atom. The highest BCUT2D eigenvalue weighted by molar-refractivity contribution is 5.83. The van der Waals surface area contributed by atoms with E-state index in [0.29, 0.717) is 17.2 Å². The molecular formula is C18H19N3O5. The number of hydrogen-bond acceptors (Lipinski definition) is 6. The lowest BCUT2D eigenvalue weighted by Crippen LogP contribution is -2.24. The van der Waals surface area contributed by atoms with Gasteiger partial charge in [0.05, 0.1) is 13.3 Å². The molecule has 2 amide bonds. The summed E-state index contributed by atoms with van der Waals surface area (Å²) in [6.07, 6.45) is 1.48. The number of amides is 2. The van der Waals surface area contributed by atoms with Crippen molar-refractivity contribution in [1.82, 2.24) is 5.43 Å². The van der Waals surface area contributed by atoms with Crippen LogP contribution in [0.4, 0.5) is 0 Å². The molecule has 8 nitrogen and oxygen atoms in total. The van der Waals surface area contributed by atoms with Gasteiger partial charge in [-0.2, -0.15) is 5.10 Å². The number of rotatable bonds is 9. The molecule has 0 spiro atoms. The Morgan fingerprint density at radius 1 is 0.962 bits per heavy atom. The number of methoxy groups -OCH3 is 1. The highest BCUT2D eigenvalue weighted by Gasteiger charge is 2.02. The van der Waals surface area contributed by atoms with E-state index in [-0.39, 0.29) is 13.2 Å². The number of carbonyl (C=O) groups excluding carboxylic acids is 2. The Morgan fingerprint density at radius 2 is 1.50 bits per heavy atom. The summed E-state index contributed by atoms with van der Waals surface area (Å²) in [5.74, 6) is 0.834. The van der Waals surface area contributed by atoms with E-state index in [1.54, 1.807) is 55.6 Å². The predicted octanol–water partition coefficient (Wildman–Crippen LogP) is 1.09. The van der Waals surface area contributed by atoms with E-state index < -0.39 is 11.8 Å². The van der Waals surface area contributed by atoms with E-state index in [4.69, 9.17) is 19.9 Å². The number of hydrazone groups is 1. The first-order valence-electron chi connectivity index (χ1n) is 7.67. The van der Waals surface area contributed by atoms with Crippen molar-refractivity contribution < 1.29 is 23.8 Å². The molecule has 0 aliphatic heterocycles. The van der Waals surface area contributed by atoms with Crippen molar-refractivity contribution in [2.24, 2.45) is 10.8 Å². The van der Waals surface area contributed by atoms with Gasteiger partial charge >= 0.3 is 0 Å². The molecule has 8 heteroatoms. The van der Waals surface area contributed by atoms with Crippen LogP contribution in [0.15, 0.2) is 53.6 Å². The van der Waals surface area contributed by atoms with Crippen molar-refractivity contribution >= 4 is 18.0 Å². The molecule has 0 aliphatic carbocycles. The number of primary amides is 1. The molecule has 0 unspecified atom stereocenters. The van der Waals surface area contributed by atoms with Crippen molar-refractivity contribution in [3.63, 3.8) is 0 Å².